The summed E-state index contributed by atoms with van der Waals surface area (Å²) in [6.45, 7) is 4.52. The molecule has 0 aliphatic rings. The minimum Gasteiger partial charge on any atom is -0.406 e. The summed E-state index contributed by atoms with van der Waals surface area (Å²) in [5.74, 6) is 0.0585. The van der Waals surface area contributed by atoms with Crippen LogP contribution in [0.1, 0.15) is 19.7 Å². The van der Waals surface area contributed by atoms with Crippen LogP contribution in [0.4, 0.5) is 16.1 Å². The number of halogens is 2. The van der Waals surface area contributed by atoms with Crippen LogP contribution in [-0.4, -0.2) is 16.2 Å². The minimum absolute atomic E-state index is 0.168. The second-order valence-electron chi connectivity index (χ2n) is 4.29. The van der Waals surface area contributed by atoms with Crippen molar-refractivity contribution in [1.29, 1.82) is 0 Å². The fourth-order valence-electron chi connectivity index (χ4n) is 1.37. The summed E-state index contributed by atoms with van der Waals surface area (Å²) in [5.41, 5.74) is 0.287. The second-order valence-corrected chi connectivity index (χ2v) is 5.20. The van der Waals surface area contributed by atoms with Gasteiger partial charge in [-0.2, -0.15) is 0 Å². The molecule has 2 rings (SSSR count). The molecule has 0 fully saturated rings. The predicted octanol–water partition coefficient (Wildman–Crippen LogP) is 3.21. The van der Waals surface area contributed by atoms with Crippen molar-refractivity contribution in [3.05, 3.63) is 34.4 Å². The fourth-order valence-corrected chi connectivity index (χ4v) is 1.71. The van der Waals surface area contributed by atoms with Gasteiger partial charge in [-0.05, 0) is 18.2 Å². The molecule has 0 saturated heterocycles. The van der Waals surface area contributed by atoms with Crippen LogP contribution in [-0.2, 0) is 6.54 Å². The molecule has 5 nitrogen and oxygen atoms in total. The SMILES string of the molecule is CC(C)NCc1nnc(Nc2ccc(Br)cc2F)o1. The molecule has 0 atom stereocenters. The largest absolute Gasteiger partial charge is 0.406 e. The molecule has 1 aromatic carbocycles. The Labute approximate surface area is 118 Å². The third kappa shape index (κ3) is 4.00. The van der Waals surface area contributed by atoms with Crippen LogP contribution < -0.4 is 10.6 Å². The lowest BCUT2D eigenvalue weighted by Crippen LogP contribution is -2.21. The Morgan fingerprint density at radius 3 is 2.84 bits per heavy atom. The van der Waals surface area contributed by atoms with Crippen LogP contribution in [0, 0.1) is 5.82 Å². The van der Waals surface area contributed by atoms with E-state index >= 15 is 0 Å². The van der Waals surface area contributed by atoms with Gasteiger partial charge in [-0.3, -0.25) is 0 Å². The van der Waals surface area contributed by atoms with Gasteiger partial charge < -0.3 is 15.1 Å². The van der Waals surface area contributed by atoms with E-state index in [4.69, 9.17) is 4.42 Å². The first-order valence-electron chi connectivity index (χ1n) is 5.82. The maximum atomic E-state index is 13.6. The van der Waals surface area contributed by atoms with E-state index in [1.807, 2.05) is 13.8 Å². The molecule has 1 heterocycles. The maximum absolute atomic E-state index is 13.6. The van der Waals surface area contributed by atoms with E-state index in [-0.39, 0.29) is 11.7 Å². The zero-order chi connectivity index (χ0) is 13.8. The minimum atomic E-state index is -0.394. The van der Waals surface area contributed by atoms with E-state index in [0.29, 0.717) is 23.0 Å². The first kappa shape index (κ1) is 14.0. The van der Waals surface area contributed by atoms with E-state index in [2.05, 4.69) is 36.8 Å². The number of nitrogens with zero attached hydrogens (tertiary/aromatic N) is 2. The molecule has 0 unspecified atom stereocenters. The molecule has 1 aromatic heterocycles. The highest BCUT2D eigenvalue weighted by Crippen LogP contribution is 2.22. The topological polar surface area (TPSA) is 63.0 Å². The van der Waals surface area contributed by atoms with Crippen LogP contribution >= 0.6 is 15.9 Å². The molecule has 7 heteroatoms. The van der Waals surface area contributed by atoms with Crippen LogP contribution in [0.3, 0.4) is 0 Å². The second kappa shape index (κ2) is 6.12. The molecule has 0 amide bonds. The monoisotopic (exact) mass is 328 g/mol. The molecule has 0 aliphatic heterocycles. The average molecular weight is 329 g/mol. The quantitative estimate of drug-likeness (QED) is 0.882. The zero-order valence-corrected chi connectivity index (χ0v) is 12.2. The van der Waals surface area contributed by atoms with Gasteiger partial charge in [-0.15, -0.1) is 5.10 Å². The van der Waals surface area contributed by atoms with Gasteiger partial charge in [0.2, 0.25) is 5.89 Å². The molecule has 102 valence electrons. The Balaban J connectivity index is 2.03. The normalized spacial score (nSPS) is 11.0. The van der Waals surface area contributed by atoms with E-state index in [0.717, 1.165) is 0 Å². The summed E-state index contributed by atoms with van der Waals surface area (Å²) in [6, 6.07) is 5.17. The molecule has 0 saturated carbocycles. The van der Waals surface area contributed by atoms with Gasteiger partial charge in [0.1, 0.15) is 5.82 Å². The van der Waals surface area contributed by atoms with Crippen LogP contribution in [0.25, 0.3) is 0 Å². The molecule has 0 radical (unpaired) electrons. The third-order valence-electron chi connectivity index (χ3n) is 2.30. The smallest absolute Gasteiger partial charge is 0.320 e. The summed E-state index contributed by atoms with van der Waals surface area (Å²) in [6.07, 6.45) is 0. The van der Waals surface area contributed by atoms with Crippen molar-refractivity contribution in [2.24, 2.45) is 0 Å². The molecule has 2 aromatic rings. The number of benzene rings is 1. The maximum Gasteiger partial charge on any atom is 0.320 e. The van der Waals surface area contributed by atoms with Crippen LogP contribution in [0.2, 0.25) is 0 Å². The Kier molecular flexibility index (Phi) is 4.49. The molecule has 19 heavy (non-hydrogen) atoms. The van der Waals surface area contributed by atoms with Gasteiger partial charge in [0, 0.05) is 10.5 Å². The van der Waals surface area contributed by atoms with Gasteiger partial charge in [0.15, 0.2) is 0 Å². The Morgan fingerprint density at radius 2 is 2.16 bits per heavy atom. The third-order valence-corrected chi connectivity index (χ3v) is 2.79. The first-order valence-corrected chi connectivity index (χ1v) is 6.61. The van der Waals surface area contributed by atoms with Gasteiger partial charge in [0.25, 0.3) is 0 Å². The van der Waals surface area contributed by atoms with Crippen molar-refractivity contribution >= 4 is 27.6 Å². The summed E-state index contributed by atoms with van der Waals surface area (Å²) in [4.78, 5) is 0. The van der Waals surface area contributed by atoms with Gasteiger partial charge >= 0.3 is 6.01 Å². The van der Waals surface area contributed by atoms with E-state index < -0.39 is 5.82 Å². The Bertz CT molecular complexity index is 558. The number of nitrogens with one attached hydrogen (secondary N) is 2. The van der Waals surface area contributed by atoms with Gasteiger partial charge in [0.05, 0.1) is 12.2 Å². The van der Waals surface area contributed by atoms with E-state index in [1.54, 1.807) is 12.1 Å². The number of aromatic nitrogens is 2. The number of rotatable bonds is 5. The molecule has 0 spiro atoms. The highest BCUT2D eigenvalue weighted by molar-refractivity contribution is 9.10. The number of hydrogen-bond donors (Lipinski definition) is 2. The number of hydrogen-bond acceptors (Lipinski definition) is 5. The predicted molar refractivity (Wildman–Crippen MR) is 73.7 cm³/mol. The summed E-state index contributed by atoms with van der Waals surface area (Å²) in [5, 5.41) is 13.6. The molecule has 0 aliphatic carbocycles. The lowest BCUT2D eigenvalue weighted by atomic mass is 10.3. The fraction of sp³-hybridized carbons (Fsp3) is 0.333. The van der Waals surface area contributed by atoms with Crippen molar-refractivity contribution in [2.75, 3.05) is 5.32 Å². The summed E-state index contributed by atoms with van der Waals surface area (Å²) >= 11 is 3.19. The van der Waals surface area contributed by atoms with E-state index in [9.17, 15) is 4.39 Å². The van der Waals surface area contributed by atoms with Crippen molar-refractivity contribution in [3.8, 4) is 0 Å². The van der Waals surface area contributed by atoms with Crippen molar-refractivity contribution in [3.63, 3.8) is 0 Å². The zero-order valence-electron chi connectivity index (χ0n) is 10.6. The van der Waals surface area contributed by atoms with E-state index in [1.165, 1.54) is 6.07 Å². The molecular formula is C12H14BrFN4O. The average Bonchev–Trinajstić information content (AvgIpc) is 2.78. The number of anilines is 2. The summed E-state index contributed by atoms with van der Waals surface area (Å²) in [7, 11) is 0. The molecular weight excluding hydrogens is 315 g/mol. The van der Waals surface area contributed by atoms with Crippen LogP contribution in [0.15, 0.2) is 27.1 Å². The highest BCUT2D eigenvalue weighted by Gasteiger charge is 2.09. The van der Waals surface area contributed by atoms with Crippen molar-refractivity contribution in [1.82, 2.24) is 15.5 Å². The lowest BCUT2D eigenvalue weighted by Gasteiger charge is -2.04. The molecule has 2 N–H and O–H groups in total. The Hall–Kier alpha value is -1.47. The lowest BCUT2D eigenvalue weighted by molar-refractivity contribution is 0.460. The van der Waals surface area contributed by atoms with Crippen LogP contribution in [0.5, 0.6) is 0 Å². The Morgan fingerprint density at radius 1 is 1.37 bits per heavy atom. The first-order chi connectivity index (χ1) is 9.04. The van der Waals surface area contributed by atoms with Crippen molar-refractivity contribution in [2.45, 2.75) is 26.4 Å². The van der Waals surface area contributed by atoms with Gasteiger partial charge in [-0.1, -0.05) is 34.9 Å². The summed E-state index contributed by atoms with van der Waals surface area (Å²) < 4.78 is 19.6. The van der Waals surface area contributed by atoms with Crippen molar-refractivity contribution < 1.29 is 8.81 Å². The standard InChI is InChI=1S/C12H14BrFN4O/c1-7(2)15-6-11-17-18-12(19-11)16-10-4-3-8(13)5-9(10)14/h3-5,7,15H,6H2,1-2H3,(H,16,18). The van der Waals surface area contributed by atoms with Gasteiger partial charge in [-0.25, -0.2) is 4.39 Å². The highest BCUT2D eigenvalue weighted by atomic mass is 79.9. The molecule has 0 bridgehead atoms.